The molecule has 0 aliphatic carbocycles. The van der Waals surface area contributed by atoms with Crippen LogP contribution in [-0.4, -0.2) is 18.2 Å². The molecular formula is C21H18N2O3. The van der Waals surface area contributed by atoms with Crippen LogP contribution in [0.4, 0.5) is 5.69 Å². The number of rotatable bonds is 2. The van der Waals surface area contributed by atoms with Gasteiger partial charge in [-0.25, -0.2) is 5.48 Å². The van der Waals surface area contributed by atoms with E-state index in [-0.39, 0.29) is 6.04 Å². The first-order valence-electron chi connectivity index (χ1n) is 8.32. The van der Waals surface area contributed by atoms with E-state index in [2.05, 4.69) is 11.0 Å². The lowest BCUT2D eigenvalue weighted by atomic mass is 9.95. The molecule has 4 rings (SSSR count). The topological polar surface area (TPSA) is 61.8 Å². The van der Waals surface area contributed by atoms with Gasteiger partial charge in [-0.3, -0.25) is 10.0 Å². The second-order valence-electron chi connectivity index (χ2n) is 6.18. The lowest BCUT2D eigenvalue weighted by Crippen LogP contribution is -2.24. The summed E-state index contributed by atoms with van der Waals surface area (Å²) >= 11 is 0. The molecule has 0 saturated heterocycles. The molecule has 3 aromatic rings. The summed E-state index contributed by atoms with van der Waals surface area (Å²) in [5, 5.41) is 8.80. The molecule has 0 aromatic heterocycles. The molecule has 0 saturated carbocycles. The third kappa shape index (κ3) is 2.68. The Hall–Kier alpha value is -3.31. The van der Waals surface area contributed by atoms with Gasteiger partial charge in [-0.2, -0.15) is 0 Å². The number of amides is 1. The number of anilines is 1. The van der Waals surface area contributed by atoms with Gasteiger partial charge in [0.05, 0.1) is 11.7 Å². The number of carbonyl (C=O) groups is 1. The largest absolute Gasteiger partial charge is 0.455 e. The molecule has 0 bridgehead atoms. The van der Waals surface area contributed by atoms with Crippen molar-refractivity contribution < 1.29 is 14.7 Å². The van der Waals surface area contributed by atoms with Gasteiger partial charge in [0.25, 0.3) is 5.91 Å². The van der Waals surface area contributed by atoms with Gasteiger partial charge in [0.15, 0.2) is 5.75 Å². The standard InChI is InChI=1S/C21H18N2O3/c1-23-17-7-3-5-9-19(17)26-18-8-4-2-6-16(18)20(23)14-10-12-15(13-11-14)21(24)22-25/h2-13,20,25H,1H3,(H,22,24). The molecule has 1 aliphatic heterocycles. The molecule has 0 radical (unpaired) electrons. The van der Waals surface area contributed by atoms with Crippen molar-refractivity contribution in [1.82, 2.24) is 5.48 Å². The van der Waals surface area contributed by atoms with Crippen LogP contribution < -0.4 is 15.1 Å². The minimum atomic E-state index is -0.528. The number of hydroxylamine groups is 1. The molecule has 26 heavy (non-hydrogen) atoms. The third-order valence-corrected chi connectivity index (χ3v) is 4.66. The Morgan fingerprint density at radius 1 is 0.962 bits per heavy atom. The van der Waals surface area contributed by atoms with Gasteiger partial charge in [-0.15, -0.1) is 0 Å². The molecule has 0 spiro atoms. The Morgan fingerprint density at radius 3 is 2.35 bits per heavy atom. The van der Waals surface area contributed by atoms with Gasteiger partial charge in [0.2, 0.25) is 0 Å². The van der Waals surface area contributed by atoms with Crippen LogP contribution in [0.1, 0.15) is 27.5 Å². The van der Waals surface area contributed by atoms with Gasteiger partial charge in [-0.05, 0) is 35.9 Å². The van der Waals surface area contributed by atoms with Gasteiger partial charge >= 0.3 is 0 Å². The summed E-state index contributed by atoms with van der Waals surface area (Å²) in [5.74, 6) is 1.09. The zero-order chi connectivity index (χ0) is 18.1. The van der Waals surface area contributed by atoms with Crippen molar-refractivity contribution in [3.63, 3.8) is 0 Å². The van der Waals surface area contributed by atoms with E-state index in [1.54, 1.807) is 17.6 Å². The number of carbonyl (C=O) groups excluding carboxylic acids is 1. The van der Waals surface area contributed by atoms with Crippen molar-refractivity contribution in [3.8, 4) is 11.5 Å². The summed E-state index contributed by atoms with van der Waals surface area (Å²) in [6.45, 7) is 0. The number of nitrogens with one attached hydrogen (secondary N) is 1. The summed E-state index contributed by atoms with van der Waals surface area (Å²) in [7, 11) is 2.03. The van der Waals surface area contributed by atoms with E-state index in [0.717, 1.165) is 28.3 Å². The maximum absolute atomic E-state index is 11.6. The van der Waals surface area contributed by atoms with Crippen LogP contribution in [0.15, 0.2) is 72.8 Å². The van der Waals surface area contributed by atoms with E-state index in [1.807, 2.05) is 61.6 Å². The molecule has 0 fully saturated rings. The van der Waals surface area contributed by atoms with Gasteiger partial charge in [0, 0.05) is 18.2 Å². The van der Waals surface area contributed by atoms with Crippen LogP contribution in [-0.2, 0) is 0 Å². The molecule has 5 nitrogen and oxygen atoms in total. The Bertz CT molecular complexity index is 953. The fourth-order valence-corrected chi connectivity index (χ4v) is 3.38. The minimum absolute atomic E-state index is 0.0684. The van der Waals surface area contributed by atoms with Gasteiger partial charge in [-0.1, -0.05) is 42.5 Å². The first-order chi connectivity index (χ1) is 12.7. The fraction of sp³-hybridized carbons (Fsp3) is 0.0952. The Kier molecular flexibility index (Phi) is 4.07. The average Bonchev–Trinajstić information content (AvgIpc) is 2.81. The molecule has 1 amide bonds. The number of fused-ring (bicyclic) bond motifs is 2. The minimum Gasteiger partial charge on any atom is -0.455 e. The summed E-state index contributed by atoms with van der Waals surface area (Å²) < 4.78 is 6.17. The Labute approximate surface area is 151 Å². The van der Waals surface area contributed by atoms with Crippen LogP contribution in [0.5, 0.6) is 11.5 Å². The quantitative estimate of drug-likeness (QED) is 0.541. The average molecular weight is 346 g/mol. The van der Waals surface area contributed by atoms with E-state index in [9.17, 15) is 4.79 Å². The zero-order valence-corrected chi connectivity index (χ0v) is 14.2. The van der Waals surface area contributed by atoms with Crippen LogP contribution >= 0.6 is 0 Å². The summed E-state index contributed by atoms with van der Waals surface area (Å²) in [4.78, 5) is 13.8. The maximum atomic E-state index is 11.6. The molecular weight excluding hydrogens is 328 g/mol. The lowest BCUT2D eigenvalue weighted by Gasteiger charge is -2.29. The van der Waals surface area contributed by atoms with Crippen LogP contribution in [0, 0.1) is 0 Å². The van der Waals surface area contributed by atoms with Crippen molar-refractivity contribution in [2.24, 2.45) is 0 Å². The molecule has 3 aromatic carbocycles. The second-order valence-corrected chi connectivity index (χ2v) is 6.18. The highest BCUT2D eigenvalue weighted by Crippen LogP contribution is 2.45. The molecule has 5 heteroatoms. The van der Waals surface area contributed by atoms with E-state index in [0.29, 0.717) is 5.56 Å². The maximum Gasteiger partial charge on any atom is 0.274 e. The number of nitrogens with zero attached hydrogens (tertiary/aromatic N) is 1. The van der Waals surface area contributed by atoms with Crippen molar-refractivity contribution >= 4 is 11.6 Å². The smallest absolute Gasteiger partial charge is 0.274 e. The monoisotopic (exact) mass is 346 g/mol. The SMILES string of the molecule is CN1c2ccccc2Oc2ccccc2C1c1ccc(C(=O)NO)cc1. The molecule has 130 valence electrons. The number of para-hydroxylation sites is 3. The van der Waals surface area contributed by atoms with Crippen molar-refractivity contribution in [2.45, 2.75) is 6.04 Å². The molecule has 1 unspecified atom stereocenters. The first kappa shape index (κ1) is 16.2. The summed E-state index contributed by atoms with van der Waals surface area (Å²) in [6.07, 6.45) is 0. The second kappa shape index (κ2) is 6.54. The van der Waals surface area contributed by atoms with E-state index >= 15 is 0 Å². The Morgan fingerprint density at radius 2 is 1.62 bits per heavy atom. The normalized spacial score (nSPS) is 15.3. The zero-order valence-electron chi connectivity index (χ0n) is 14.2. The third-order valence-electron chi connectivity index (χ3n) is 4.66. The summed E-state index contributed by atoms with van der Waals surface area (Å²) in [6, 6.07) is 23.0. The van der Waals surface area contributed by atoms with Crippen LogP contribution in [0.25, 0.3) is 0 Å². The number of benzene rings is 3. The molecule has 2 N–H and O–H groups in total. The number of hydrogen-bond acceptors (Lipinski definition) is 4. The Balaban J connectivity index is 1.85. The fourth-order valence-electron chi connectivity index (χ4n) is 3.38. The first-order valence-corrected chi connectivity index (χ1v) is 8.32. The predicted octanol–water partition coefficient (Wildman–Crippen LogP) is 4.14. The number of ether oxygens (including phenoxy) is 1. The molecule has 1 aliphatic rings. The van der Waals surface area contributed by atoms with Crippen LogP contribution in [0.2, 0.25) is 0 Å². The van der Waals surface area contributed by atoms with E-state index < -0.39 is 5.91 Å². The summed E-state index contributed by atoms with van der Waals surface area (Å²) in [5.41, 5.74) is 5.12. The molecule has 1 atom stereocenters. The van der Waals surface area contributed by atoms with Gasteiger partial charge < -0.3 is 9.64 Å². The van der Waals surface area contributed by atoms with E-state index in [4.69, 9.17) is 9.94 Å². The highest BCUT2D eigenvalue weighted by Gasteiger charge is 2.28. The highest BCUT2D eigenvalue weighted by molar-refractivity contribution is 5.93. The van der Waals surface area contributed by atoms with Crippen molar-refractivity contribution in [1.29, 1.82) is 0 Å². The lowest BCUT2D eigenvalue weighted by molar-refractivity contribution is 0.0706. The molecule has 1 heterocycles. The van der Waals surface area contributed by atoms with Gasteiger partial charge in [0.1, 0.15) is 5.75 Å². The van der Waals surface area contributed by atoms with Crippen molar-refractivity contribution in [2.75, 3.05) is 11.9 Å². The van der Waals surface area contributed by atoms with E-state index in [1.165, 1.54) is 0 Å². The highest BCUT2D eigenvalue weighted by atomic mass is 16.5. The van der Waals surface area contributed by atoms with Crippen molar-refractivity contribution in [3.05, 3.63) is 89.5 Å². The number of hydrogen-bond donors (Lipinski definition) is 2. The van der Waals surface area contributed by atoms with Crippen LogP contribution in [0.3, 0.4) is 0 Å². The predicted molar refractivity (Wildman–Crippen MR) is 98.9 cm³/mol.